The average molecular weight is 368 g/mol. The van der Waals surface area contributed by atoms with Crippen LogP contribution in [0.4, 0.5) is 5.69 Å². The first-order valence-corrected chi connectivity index (χ1v) is 9.24. The minimum Gasteiger partial charge on any atom is -0.399 e. The molecule has 5 nitrogen and oxygen atoms in total. The van der Waals surface area contributed by atoms with E-state index in [1.165, 1.54) is 0 Å². The fourth-order valence-corrected chi connectivity index (χ4v) is 3.38. The third-order valence-corrected chi connectivity index (χ3v) is 4.75. The minimum absolute atomic E-state index is 0.0256. The molecule has 27 heavy (non-hydrogen) atoms. The number of hydrogen-bond donors (Lipinski definition) is 2. The van der Waals surface area contributed by atoms with Crippen molar-refractivity contribution in [3.8, 4) is 0 Å². The molecule has 2 aromatic rings. The zero-order valence-corrected chi connectivity index (χ0v) is 15.8. The molecule has 1 aliphatic heterocycles. The summed E-state index contributed by atoms with van der Waals surface area (Å²) in [5.41, 5.74) is 9.53. The molecule has 5 heteroatoms. The molecule has 0 bridgehead atoms. The predicted octanol–water partition coefficient (Wildman–Crippen LogP) is 3.42. The summed E-state index contributed by atoms with van der Waals surface area (Å²) in [5.74, 6) is 0. The summed E-state index contributed by atoms with van der Waals surface area (Å²) in [5, 5.41) is 9.27. The van der Waals surface area contributed by atoms with Crippen molar-refractivity contribution >= 4 is 5.69 Å². The van der Waals surface area contributed by atoms with E-state index >= 15 is 0 Å². The summed E-state index contributed by atoms with van der Waals surface area (Å²) in [7, 11) is 2.06. The van der Waals surface area contributed by atoms with Gasteiger partial charge in [-0.1, -0.05) is 42.5 Å². The smallest absolute Gasteiger partial charge is 0.185 e. The summed E-state index contributed by atoms with van der Waals surface area (Å²) >= 11 is 0. The summed E-state index contributed by atoms with van der Waals surface area (Å²) in [6, 6.07) is 15.5. The van der Waals surface area contributed by atoms with Gasteiger partial charge >= 0.3 is 0 Å². The molecule has 0 saturated carbocycles. The van der Waals surface area contributed by atoms with Crippen LogP contribution in [0, 0.1) is 0 Å². The number of nitrogens with two attached hydrogens (primary N) is 1. The van der Waals surface area contributed by atoms with Crippen molar-refractivity contribution in [3.05, 3.63) is 77.9 Å². The molecule has 3 atom stereocenters. The Labute approximate surface area is 161 Å². The van der Waals surface area contributed by atoms with Gasteiger partial charge in [0.05, 0.1) is 18.8 Å². The molecule has 1 saturated heterocycles. The van der Waals surface area contributed by atoms with Gasteiger partial charge in [-0.25, -0.2) is 0 Å². The molecule has 3 rings (SSSR count). The highest BCUT2D eigenvalue weighted by molar-refractivity contribution is 5.41. The van der Waals surface area contributed by atoms with Crippen molar-refractivity contribution < 1.29 is 14.6 Å². The van der Waals surface area contributed by atoms with Gasteiger partial charge in [-0.3, -0.25) is 0 Å². The lowest BCUT2D eigenvalue weighted by Gasteiger charge is -2.37. The number of benzene rings is 2. The maximum atomic E-state index is 9.27. The molecule has 0 aromatic heterocycles. The maximum absolute atomic E-state index is 9.27. The van der Waals surface area contributed by atoms with Gasteiger partial charge in [0.25, 0.3) is 0 Å². The van der Waals surface area contributed by atoms with Crippen molar-refractivity contribution in [1.82, 2.24) is 4.90 Å². The third-order valence-electron chi connectivity index (χ3n) is 4.75. The van der Waals surface area contributed by atoms with E-state index in [9.17, 15) is 5.11 Å². The number of hydrogen-bond acceptors (Lipinski definition) is 5. The summed E-state index contributed by atoms with van der Waals surface area (Å²) in [6.07, 6.45) is 2.13. The number of ether oxygens (including phenoxy) is 2. The van der Waals surface area contributed by atoms with E-state index in [1.807, 2.05) is 54.6 Å². The number of nitrogens with zero attached hydrogens (tertiary/aromatic N) is 1. The van der Waals surface area contributed by atoms with Gasteiger partial charge < -0.3 is 25.2 Å². The van der Waals surface area contributed by atoms with Gasteiger partial charge in [-0.2, -0.15) is 0 Å². The predicted molar refractivity (Wildman–Crippen MR) is 107 cm³/mol. The van der Waals surface area contributed by atoms with Crippen LogP contribution < -0.4 is 5.73 Å². The van der Waals surface area contributed by atoms with Gasteiger partial charge in [0.2, 0.25) is 0 Å². The maximum Gasteiger partial charge on any atom is 0.185 e. The molecule has 1 aliphatic rings. The van der Waals surface area contributed by atoms with Crippen LogP contribution in [0.2, 0.25) is 0 Å². The molecule has 0 amide bonds. The van der Waals surface area contributed by atoms with Crippen molar-refractivity contribution in [2.45, 2.75) is 31.5 Å². The standard InChI is InChI=1S/C22H28N2O3/c1-3-11-24(2)14-20-13-21(17-9-7-16(15-25)8-10-17)27-22(26-20)18-5-4-6-19(23)12-18/h3-10,12,20-22,25H,1,11,13-15,23H2,2H3. The van der Waals surface area contributed by atoms with Gasteiger partial charge in [0.15, 0.2) is 6.29 Å². The Balaban J connectivity index is 1.82. The highest BCUT2D eigenvalue weighted by Crippen LogP contribution is 2.38. The Bertz CT molecular complexity index is 747. The molecule has 2 aromatic carbocycles. The topological polar surface area (TPSA) is 68.0 Å². The van der Waals surface area contributed by atoms with Crippen molar-refractivity contribution in [1.29, 1.82) is 0 Å². The highest BCUT2D eigenvalue weighted by atomic mass is 16.7. The number of rotatable bonds is 7. The van der Waals surface area contributed by atoms with Crippen LogP contribution in [0.1, 0.15) is 35.5 Å². The molecule has 1 heterocycles. The molecule has 144 valence electrons. The van der Waals surface area contributed by atoms with Crippen LogP contribution in [0.15, 0.2) is 61.2 Å². The van der Waals surface area contributed by atoms with Crippen molar-refractivity contribution in [2.75, 3.05) is 25.9 Å². The normalized spacial score (nSPS) is 22.7. The quantitative estimate of drug-likeness (QED) is 0.579. The van der Waals surface area contributed by atoms with Crippen LogP contribution in [-0.2, 0) is 16.1 Å². The minimum atomic E-state index is -0.466. The van der Waals surface area contributed by atoms with Crippen LogP contribution in [0.25, 0.3) is 0 Å². The Hall–Kier alpha value is -2.18. The van der Waals surface area contributed by atoms with E-state index in [2.05, 4.69) is 18.5 Å². The molecule has 0 radical (unpaired) electrons. The zero-order chi connectivity index (χ0) is 19.2. The number of aliphatic hydroxyl groups is 1. The van der Waals surface area contributed by atoms with Gasteiger partial charge in [0.1, 0.15) is 0 Å². The average Bonchev–Trinajstić information content (AvgIpc) is 2.68. The SMILES string of the molecule is C=CCN(C)CC1CC(c2ccc(CO)cc2)OC(c2cccc(N)c2)O1. The lowest BCUT2D eigenvalue weighted by Crippen LogP contribution is -2.37. The van der Waals surface area contributed by atoms with Gasteiger partial charge in [-0.15, -0.1) is 6.58 Å². The summed E-state index contributed by atoms with van der Waals surface area (Å²) < 4.78 is 12.5. The second kappa shape index (κ2) is 9.15. The molecule has 3 N–H and O–H groups in total. The second-order valence-electron chi connectivity index (χ2n) is 7.03. The molecule has 0 aliphatic carbocycles. The third kappa shape index (κ3) is 5.17. The Morgan fingerprint density at radius 3 is 2.63 bits per heavy atom. The summed E-state index contributed by atoms with van der Waals surface area (Å²) in [4.78, 5) is 2.19. The van der Waals surface area contributed by atoms with Crippen LogP contribution in [-0.4, -0.2) is 36.2 Å². The zero-order valence-electron chi connectivity index (χ0n) is 15.8. The molecular formula is C22H28N2O3. The highest BCUT2D eigenvalue weighted by Gasteiger charge is 2.32. The second-order valence-corrected chi connectivity index (χ2v) is 7.03. The molecular weight excluding hydrogens is 340 g/mol. The van der Waals surface area contributed by atoms with E-state index in [0.717, 1.165) is 36.2 Å². The lowest BCUT2D eigenvalue weighted by atomic mass is 9.99. The largest absolute Gasteiger partial charge is 0.399 e. The first-order valence-electron chi connectivity index (χ1n) is 9.24. The van der Waals surface area contributed by atoms with E-state index in [0.29, 0.717) is 5.69 Å². The number of likely N-dealkylation sites (N-methyl/N-ethyl adjacent to an activating group) is 1. The van der Waals surface area contributed by atoms with Crippen LogP contribution in [0.5, 0.6) is 0 Å². The van der Waals surface area contributed by atoms with Crippen molar-refractivity contribution in [3.63, 3.8) is 0 Å². The molecule has 0 spiro atoms. The Kier molecular flexibility index (Phi) is 6.63. The fraction of sp³-hybridized carbons (Fsp3) is 0.364. The molecule has 1 fully saturated rings. The molecule has 3 unspecified atom stereocenters. The lowest BCUT2D eigenvalue weighted by molar-refractivity contribution is -0.252. The number of anilines is 1. The van der Waals surface area contributed by atoms with Crippen LogP contribution in [0.3, 0.4) is 0 Å². The Morgan fingerprint density at radius 2 is 1.96 bits per heavy atom. The number of nitrogen functional groups attached to an aromatic ring is 1. The van der Waals surface area contributed by atoms with Crippen molar-refractivity contribution in [2.24, 2.45) is 0 Å². The van der Waals surface area contributed by atoms with E-state index in [-0.39, 0.29) is 18.8 Å². The van der Waals surface area contributed by atoms with E-state index in [1.54, 1.807) is 0 Å². The summed E-state index contributed by atoms with van der Waals surface area (Å²) in [6.45, 7) is 5.44. The monoisotopic (exact) mass is 368 g/mol. The first-order chi connectivity index (χ1) is 13.1. The van der Waals surface area contributed by atoms with Crippen LogP contribution >= 0.6 is 0 Å². The first kappa shape index (κ1) is 19.6. The van der Waals surface area contributed by atoms with Gasteiger partial charge in [0, 0.05) is 30.8 Å². The Morgan fingerprint density at radius 1 is 1.19 bits per heavy atom. The fourth-order valence-electron chi connectivity index (χ4n) is 3.38. The van der Waals surface area contributed by atoms with E-state index in [4.69, 9.17) is 15.2 Å². The number of aliphatic hydroxyl groups excluding tert-OH is 1. The van der Waals surface area contributed by atoms with Gasteiger partial charge in [-0.05, 0) is 30.3 Å². The van der Waals surface area contributed by atoms with E-state index < -0.39 is 6.29 Å².